The average Bonchev–Trinajstić information content (AvgIpc) is 3.09. The fraction of sp³-hybridized carbons (Fsp3) is 0.800. The summed E-state index contributed by atoms with van der Waals surface area (Å²) < 4.78 is 1.50. The van der Waals surface area contributed by atoms with Crippen LogP contribution in [0.2, 0.25) is 0 Å². The summed E-state index contributed by atoms with van der Waals surface area (Å²) in [5.41, 5.74) is 0. The van der Waals surface area contributed by atoms with Gasteiger partial charge in [-0.05, 0) is 48.4 Å². The maximum absolute atomic E-state index is 12.8. The number of amides is 2. The van der Waals surface area contributed by atoms with E-state index in [-0.39, 0.29) is 11.9 Å². The molecular weight excluding hydrogens is 296 g/mol. The van der Waals surface area contributed by atoms with E-state index in [1.54, 1.807) is 0 Å². The first kappa shape index (κ1) is 14.6. The van der Waals surface area contributed by atoms with E-state index < -0.39 is 0 Å². The van der Waals surface area contributed by atoms with Crippen LogP contribution in [0.5, 0.6) is 0 Å². The summed E-state index contributed by atoms with van der Waals surface area (Å²) in [6.45, 7) is 4.12. The number of piperidine rings is 3. The zero-order valence-corrected chi connectivity index (χ0v) is 13.3. The highest BCUT2D eigenvalue weighted by Gasteiger charge is 2.45. The van der Waals surface area contributed by atoms with Gasteiger partial charge in [-0.25, -0.2) is 4.68 Å². The van der Waals surface area contributed by atoms with Gasteiger partial charge in [-0.3, -0.25) is 9.59 Å². The lowest BCUT2D eigenvalue weighted by Gasteiger charge is -2.52. The molecule has 3 saturated heterocycles. The number of tetrazole rings is 1. The molecule has 23 heavy (non-hydrogen) atoms. The van der Waals surface area contributed by atoms with Gasteiger partial charge < -0.3 is 9.80 Å². The van der Waals surface area contributed by atoms with E-state index in [1.165, 1.54) is 11.0 Å². The molecule has 8 heteroatoms. The van der Waals surface area contributed by atoms with Crippen molar-refractivity contribution < 1.29 is 9.59 Å². The van der Waals surface area contributed by atoms with Crippen LogP contribution in [0.15, 0.2) is 6.33 Å². The van der Waals surface area contributed by atoms with Crippen LogP contribution in [-0.2, 0) is 9.59 Å². The number of rotatable bonds is 2. The second-order valence-corrected chi connectivity index (χ2v) is 7.08. The van der Waals surface area contributed by atoms with Gasteiger partial charge in [-0.15, -0.1) is 5.10 Å². The molecular formula is C15H22N6O2. The molecule has 3 fully saturated rings. The van der Waals surface area contributed by atoms with Crippen LogP contribution in [0.4, 0.5) is 0 Å². The maximum atomic E-state index is 12.8. The van der Waals surface area contributed by atoms with Crippen LogP contribution in [0, 0.1) is 11.8 Å². The number of fused-ring (bicyclic) bond motifs is 4. The number of likely N-dealkylation sites (tertiary alicyclic amines) is 1. The largest absolute Gasteiger partial charge is 0.340 e. The summed E-state index contributed by atoms with van der Waals surface area (Å²) in [6.07, 6.45) is 5.37. The first-order valence-electron chi connectivity index (χ1n) is 8.44. The van der Waals surface area contributed by atoms with Gasteiger partial charge in [-0.1, -0.05) is 0 Å². The van der Waals surface area contributed by atoms with Crippen molar-refractivity contribution in [1.82, 2.24) is 30.0 Å². The van der Waals surface area contributed by atoms with Crippen LogP contribution >= 0.6 is 0 Å². The molecule has 0 spiro atoms. The van der Waals surface area contributed by atoms with Crippen molar-refractivity contribution in [2.24, 2.45) is 11.8 Å². The Morgan fingerprint density at radius 1 is 1.35 bits per heavy atom. The van der Waals surface area contributed by atoms with Crippen molar-refractivity contribution in [2.45, 2.75) is 44.7 Å². The zero-order valence-electron chi connectivity index (χ0n) is 13.3. The van der Waals surface area contributed by atoms with Crippen molar-refractivity contribution in [3.63, 3.8) is 0 Å². The number of nitrogens with zero attached hydrogens (tertiary/aromatic N) is 6. The zero-order chi connectivity index (χ0) is 16.0. The molecule has 4 rings (SSSR count). The Morgan fingerprint density at radius 3 is 3.00 bits per heavy atom. The Bertz CT molecular complexity index is 603. The van der Waals surface area contributed by atoms with Crippen LogP contribution < -0.4 is 0 Å². The van der Waals surface area contributed by atoms with Crippen LogP contribution in [-0.4, -0.2) is 67.5 Å². The monoisotopic (exact) mass is 318 g/mol. The van der Waals surface area contributed by atoms with Gasteiger partial charge in [0.05, 0.1) is 0 Å². The normalized spacial score (nSPS) is 31.7. The van der Waals surface area contributed by atoms with Crippen molar-refractivity contribution >= 4 is 11.8 Å². The minimum absolute atomic E-state index is 0.0718. The van der Waals surface area contributed by atoms with Crippen molar-refractivity contribution in [1.29, 1.82) is 0 Å². The van der Waals surface area contributed by atoms with E-state index in [0.717, 1.165) is 38.9 Å². The van der Waals surface area contributed by atoms with Crippen molar-refractivity contribution in [3.8, 4) is 0 Å². The van der Waals surface area contributed by atoms with Crippen LogP contribution in [0.1, 0.15) is 38.6 Å². The highest BCUT2D eigenvalue weighted by Crippen LogP contribution is 2.38. The predicted molar refractivity (Wildman–Crippen MR) is 80.1 cm³/mol. The molecule has 0 aliphatic carbocycles. The van der Waals surface area contributed by atoms with Gasteiger partial charge in [0.15, 0.2) is 0 Å². The first-order chi connectivity index (χ1) is 11.1. The molecule has 0 aromatic carbocycles. The van der Waals surface area contributed by atoms with Gasteiger partial charge in [0.2, 0.25) is 11.8 Å². The number of carbonyl (C=O) groups is 2. The summed E-state index contributed by atoms with van der Waals surface area (Å²) in [4.78, 5) is 29.0. The smallest absolute Gasteiger partial charge is 0.247 e. The Hall–Kier alpha value is -1.99. The van der Waals surface area contributed by atoms with Crippen LogP contribution in [0.3, 0.4) is 0 Å². The summed E-state index contributed by atoms with van der Waals surface area (Å²) in [7, 11) is 0. The highest BCUT2D eigenvalue weighted by molar-refractivity contribution is 5.80. The SMILES string of the molecule is C[C@@H](C(=O)N1C[C@H]2C[C@@H](C1)[C@H]1CCCC(=O)N1C2)n1cnnn1. The van der Waals surface area contributed by atoms with Gasteiger partial charge in [0.25, 0.3) is 0 Å². The standard InChI is InChI=1S/C15H22N6O2/c1-10(21-9-16-17-18-21)15(23)19-6-11-5-12(8-19)13-3-2-4-14(22)20(13)7-11/h9-13H,2-8H2,1H3/t10-,11+,12-,13+/m0/s1. The van der Waals surface area contributed by atoms with Crippen LogP contribution in [0.25, 0.3) is 0 Å². The molecule has 124 valence electrons. The molecule has 1 aromatic rings. The van der Waals surface area contributed by atoms with E-state index in [1.807, 2.05) is 11.8 Å². The van der Waals surface area contributed by atoms with Crippen molar-refractivity contribution in [2.75, 3.05) is 19.6 Å². The molecule has 2 amide bonds. The van der Waals surface area contributed by atoms with E-state index in [4.69, 9.17) is 0 Å². The fourth-order valence-corrected chi connectivity index (χ4v) is 4.51. The summed E-state index contributed by atoms with van der Waals surface area (Å²) in [5, 5.41) is 11.1. The lowest BCUT2D eigenvalue weighted by molar-refractivity contribution is -0.150. The second kappa shape index (κ2) is 5.58. The number of hydrogen-bond acceptors (Lipinski definition) is 5. The lowest BCUT2D eigenvalue weighted by atomic mass is 9.76. The van der Waals surface area contributed by atoms with Gasteiger partial charge in [0.1, 0.15) is 12.4 Å². The quantitative estimate of drug-likeness (QED) is 0.772. The molecule has 3 aliphatic rings. The van der Waals surface area contributed by atoms with Crippen molar-refractivity contribution in [3.05, 3.63) is 6.33 Å². The molecule has 0 saturated carbocycles. The molecule has 0 unspecified atom stereocenters. The van der Waals surface area contributed by atoms with Gasteiger partial charge in [-0.2, -0.15) is 0 Å². The molecule has 0 N–H and O–H groups in total. The van der Waals surface area contributed by atoms with E-state index >= 15 is 0 Å². The molecule has 1 aromatic heterocycles. The molecule has 4 atom stereocenters. The Balaban J connectivity index is 1.49. The Labute approximate surface area is 134 Å². The Kier molecular flexibility index (Phi) is 3.54. The van der Waals surface area contributed by atoms with E-state index in [9.17, 15) is 9.59 Å². The molecule has 4 heterocycles. The van der Waals surface area contributed by atoms with E-state index in [0.29, 0.717) is 30.2 Å². The third kappa shape index (κ3) is 2.49. The molecule has 3 aliphatic heterocycles. The summed E-state index contributed by atoms with van der Waals surface area (Å²) in [5.74, 6) is 1.19. The minimum atomic E-state index is -0.382. The minimum Gasteiger partial charge on any atom is -0.340 e. The second-order valence-electron chi connectivity index (χ2n) is 7.08. The summed E-state index contributed by atoms with van der Waals surface area (Å²) >= 11 is 0. The number of aromatic nitrogens is 4. The third-order valence-corrected chi connectivity index (χ3v) is 5.61. The number of carbonyl (C=O) groups excluding carboxylic acids is 2. The molecule has 2 bridgehead atoms. The molecule has 0 radical (unpaired) electrons. The fourth-order valence-electron chi connectivity index (χ4n) is 4.51. The topological polar surface area (TPSA) is 84.2 Å². The predicted octanol–water partition coefficient (Wildman–Crippen LogP) is 0.0935. The molecule has 8 nitrogen and oxygen atoms in total. The first-order valence-corrected chi connectivity index (χ1v) is 8.44. The summed E-state index contributed by atoms with van der Waals surface area (Å²) in [6, 6.07) is -0.0561. The average molecular weight is 318 g/mol. The maximum Gasteiger partial charge on any atom is 0.247 e. The van der Waals surface area contributed by atoms with Gasteiger partial charge >= 0.3 is 0 Å². The number of hydrogen-bond donors (Lipinski definition) is 0. The third-order valence-electron chi connectivity index (χ3n) is 5.61. The van der Waals surface area contributed by atoms with E-state index in [2.05, 4.69) is 20.4 Å². The highest BCUT2D eigenvalue weighted by atomic mass is 16.2. The Morgan fingerprint density at radius 2 is 2.22 bits per heavy atom. The van der Waals surface area contributed by atoms with Gasteiger partial charge in [0, 0.05) is 32.1 Å². The lowest BCUT2D eigenvalue weighted by Crippen LogP contribution is -2.61.